The second-order valence-corrected chi connectivity index (χ2v) is 9.54. The normalized spacial score (nSPS) is 37.1. The Labute approximate surface area is 170 Å². The Balaban J connectivity index is 1.54. The molecule has 1 aliphatic heterocycles. The van der Waals surface area contributed by atoms with Crippen molar-refractivity contribution in [3.63, 3.8) is 0 Å². The molecule has 3 rings (SSSR count). The first-order chi connectivity index (χ1) is 13.3. The molecule has 4 nitrogen and oxygen atoms in total. The van der Waals surface area contributed by atoms with Crippen LogP contribution in [0.25, 0.3) is 0 Å². The number of hydrogen-bond donors (Lipinski definition) is 0. The molecule has 0 aromatic carbocycles. The molecule has 0 bridgehead atoms. The van der Waals surface area contributed by atoms with E-state index in [2.05, 4.69) is 32.1 Å². The van der Waals surface area contributed by atoms with E-state index >= 15 is 0 Å². The van der Waals surface area contributed by atoms with E-state index < -0.39 is 5.79 Å². The summed E-state index contributed by atoms with van der Waals surface area (Å²) in [6.45, 7) is 8.59. The third-order valence-corrected chi connectivity index (χ3v) is 6.73. The van der Waals surface area contributed by atoms with E-state index in [-0.39, 0.29) is 18.2 Å². The van der Waals surface area contributed by atoms with E-state index in [0.717, 1.165) is 37.0 Å². The third kappa shape index (κ3) is 5.48. The van der Waals surface area contributed by atoms with Crippen LogP contribution < -0.4 is 0 Å². The molecule has 4 heteroatoms. The molecule has 1 unspecified atom stereocenters. The molecule has 1 heterocycles. The Bertz CT molecular complexity index is 606. The molecule has 2 aliphatic carbocycles. The largest absolute Gasteiger partial charge is 0.469 e. The maximum Gasteiger partial charge on any atom is 0.308 e. The number of esters is 1. The van der Waals surface area contributed by atoms with E-state index in [1.54, 1.807) is 5.57 Å². The zero-order valence-corrected chi connectivity index (χ0v) is 18.3. The lowest BCUT2D eigenvalue weighted by Crippen LogP contribution is -2.45. The van der Waals surface area contributed by atoms with Crippen LogP contribution in [-0.2, 0) is 19.0 Å². The molecule has 0 spiro atoms. The van der Waals surface area contributed by atoms with Gasteiger partial charge in [-0.2, -0.15) is 0 Å². The Morgan fingerprint density at radius 1 is 1.18 bits per heavy atom. The maximum atomic E-state index is 11.7. The smallest absolute Gasteiger partial charge is 0.308 e. The molecule has 0 aromatic rings. The van der Waals surface area contributed by atoms with Gasteiger partial charge >= 0.3 is 5.97 Å². The predicted octanol–water partition coefficient (Wildman–Crippen LogP) is 5.42. The van der Waals surface area contributed by atoms with Crippen LogP contribution >= 0.6 is 0 Å². The van der Waals surface area contributed by atoms with Crippen LogP contribution in [0.4, 0.5) is 0 Å². The van der Waals surface area contributed by atoms with Crippen molar-refractivity contribution in [2.75, 3.05) is 7.11 Å². The van der Waals surface area contributed by atoms with E-state index in [1.165, 1.54) is 26.4 Å². The highest BCUT2D eigenvalue weighted by molar-refractivity contribution is 5.69. The van der Waals surface area contributed by atoms with Gasteiger partial charge < -0.3 is 14.2 Å². The van der Waals surface area contributed by atoms with E-state index in [1.807, 2.05) is 13.8 Å². The molecule has 3 aliphatic rings. The molecule has 158 valence electrons. The zero-order valence-electron chi connectivity index (χ0n) is 18.3. The fraction of sp³-hybridized carbons (Fsp3) is 0.792. The van der Waals surface area contributed by atoms with Crippen molar-refractivity contribution in [1.82, 2.24) is 0 Å². The Kier molecular flexibility index (Phi) is 7.03. The lowest BCUT2D eigenvalue weighted by Gasteiger charge is -2.41. The van der Waals surface area contributed by atoms with E-state index in [9.17, 15) is 4.79 Å². The Morgan fingerprint density at radius 3 is 2.68 bits per heavy atom. The molecule has 1 fully saturated rings. The number of fused-ring (bicyclic) bond motifs is 1. The Hall–Kier alpha value is -1.13. The Morgan fingerprint density at radius 2 is 1.93 bits per heavy atom. The number of allylic oxidation sites excluding steroid dienone is 4. The number of hydrogen-bond acceptors (Lipinski definition) is 4. The van der Waals surface area contributed by atoms with Crippen molar-refractivity contribution in [1.29, 1.82) is 0 Å². The van der Waals surface area contributed by atoms with Crippen molar-refractivity contribution in [2.24, 2.45) is 23.7 Å². The van der Waals surface area contributed by atoms with E-state index in [4.69, 9.17) is 14.2 Å². The molecule has 0 radical (unpaired) electrons. The SMILES string of the molecule is COC(=O)C[C@H]1C[C@@H](CCC[C@@H]2C3CC[C@@H](C)C=C3C=C[C@@H]2C)OC(C)(C)O1. The highest BCUT2D eigenvalue weighted by Gasteiger charge is 2.37. The van der Waals surface area contributed by atoms with Crippen LogP contribution in [0.1, 0.15) is 72.6 Å². The lowest BCUT2D eigenvalue weighted by atomic mass is 9.67. The molecular formula is C24H38O4. The van der Waals surface area contributed by atoms with Crippen LogP contribution in [0, 0.1) is 23.7 Å². The fourth-order valence-corrected chi connectivity index (χ4v) is 5.39. The highest BCUT2D eigenvalue weighted by atomic mass is 16.7. The van der Waals surface area contributed by atoms with Crippen LogP contribution in [0.3, 0.4) is 0 Å². The topological polar surface area (TPSA) is 44.8 Å². The molecule has 6 atom stereocenters. The molecule has 28 heavy (non-hydrogen) atoms. The summed E-state index contributed by atoms with van der Waals surface area (Å²) in [4.78, 5) is 11.7. The van der Waals surface area contributed by atoms with Crippen molar-refractivity contribution >= 4 is 5.97 Å². The van der Waals surface area contributed by atoms with E-state index in [0.29, 0.717) is 12.3 Å². The third-order valence-electron chi connectivity index (χ3n) is 6.73. The van der Waals surface area contributed by atoms with Gasteiger partial charge in [0.2, 0.25) is 0 Å². The second-order valence-electron chi connectivity index (χ2n) is 9.54. The summed E-state index contributed by atoms with van der Waals surface area (Å²) < 4.78 is 16.9. The minimum atomic E-state index is -0.641. The van der Waals surface area contributed by atoms with Crippen molar-refractivity contribution in [3.8, 4) is 0 Å². The average molecular weight is 391 g/mol. The minimum Gasteiger partial charge on any atom is -0.469 e. The van der Waals surface area contributed by atoms with Gasteiger partial charge in [-0.05, 0) is 68.8 Å². The summed E-state index contributed by atoms with van der Waals surface area (Å²) in [5, 5.41) is 0. The van der Waals surface area contributed by atoms with Crippen LogP contribution in [0.5, 0.6) is 0 Å². The molecular weight excluding hydrogens is 352 g/mol. The van der Waals surface area contributed by atoms with Gasteiger partial charge in [0, 0.05) is 6.42 Å². The first-order valence-corrected chi connectivity index (χ1v) is 11.1. The van der Waals surface area contributed by atoms with Gasteiger partial charge in [0.15, 0.2) is 5.79 Å². The van der Waals surface area contributed by atoms with Gasteiger partial charge in [-0.15, -0.1) is 0 Å². The quantitative estimate of drug-likeness (QED) is 0.568. The van der Waals surface area contributed by atoms with Crippen molar-refractivity contribution in [2.45, 2.75) is 90.6 Å². The zero-order chi connectivity index (χ0) is 20.3. The lowest BCUT2D eigenvalue weighted by molar-refractivity contribution is -0.300. The van der Waals surface area contributed by atoms with Crippen molar-refractivity contribution in [3.05, 3.63) is 23.8 Å². The van der Waals surface area contributed by atoms with Gasteiger partial charge in [-0.25, -0.2) is 0 Å². The van der Waals surface area contributed by atoms with Gasteiger partial charge in [0.05, 0.1) is 25.7 Å². The second kappa shape index (κ2) is 9.13. The number of ether oxygens (including phenoxy) is 3. The number of rotatable bonds is 6. The fourth-order valence-electron chi connectivity index (χ4n) is 5.39. The number of methoxy groups -OCH3 is 1. The highest BCUT2D eigenvalue weighted by Crippen LogP contribution is 2.43. The van der Waals surface area contributed by atoms with Gasteiger partial charge in [0.1, 0.15) is 0 Å². The summed E-state index contributed by atoms with van der Waals surface area (Å²) in [6.07, 6.45) is 14.5. The number of carbonyl (C=O) groups excluding carboxylic acids is 1. The summed E-state index contributed by atoms with van der Waals surface area (Å²) in [6, 6.07) is 0. The van der Waals surface area contributed by atoms with Crippen molar-refractivity contribution < 1.29 is 19.0 Å². The maximum absolute atomic E-state index is 11.7. The van der Waals surface area contributed by atoms with Crippen LogP contribution in [0.15, 0.2) is 23.8 Å². The predicted molar refractivity (Wildman–Crippen MR) is 111 cm³/mol. The average Bonchev–Trinajstić information content (AvgIpc) is 2.62. The standard InChI is InChI=1S/C24H38O4/c1-16-9-12-22-18(13-16)11-10-17(2)21(22)8-6-7-19-14-20(15-23(25)26-5)28-24(3,4)27-19/h10-11,13,16-17,19-22H,6-9,12,14-15H2,1-5H3/t16-,17+,19-,20-,21+,22?/m1/s1. The molecule has 0 amide bonds. The van der Waals surface area contributed by atoms with Crippen LogP contribution in [0.2, 0.25) is 0 Å². The first kappa shape index (κ1) is 21.6. The van der Waals surface area contributed by atoms with Gasteiger partial charge in [-0.3, -0.25) is 4.79 Å². The summed E-state index contributed by atoms with van der Waals surface area (Å²) >= 11 is 0. The van der Waals surface area contributed by atoms with Gasteiger partial charge in [0.25, 0.3) is 0 Å². The van der Waals surface area contributed by atoms with Gasteiger partial charge in [-0.1, -0.05) is 38.5 Å². The monoisotopic (exact) mass is 390 g/mol. The first-order valence-electron chi connectivity index (χ1n) is 11.1. The number of carbonyl (C=O) groups is 1. The molecule has 0 aromatic heterocycles. The molecule has 0 N–H and O–H groups in total. The summed E-state index contributed by atoms with van der Waals surface area (Å²) in [5.41, 5.74) is 1.57. The molecule has 0 saturated carbocycles. The van der Waals surface area contributed by atoms with Crippen LogP contribution in [-0.4, -0.2) is 31.1 Å². The minimum absolute atomic E-state index is 0.118. The summed E-state index contributed by atoms with van der Waals surface area (Å²) in [5.74, 6) is 1.98. The molecule has 1 saturated heterocycles. The summed E-state index contributed by atoms with van der Waals surface area (Å²) in [7, 11) is 1.43.